The van der Waals surface area contributed by atoms with Crippen molar-refractivity contribution in [3.05, 3.63) is 48.7 Å². The van der Waals surface area contributed by atoms with Gasteiger partial charge in [-0.2, -0.15) is 5.26 Å². The molecule has 6 rings (SSSR count). The molecule has 1 aliphatic heterocycles. The first kappa shape index (κ1) is 35.0. The zero-order chi connectivity index (χ0) is 32.4. The number of tetrazole rings is 1. The summed E-state index contributed by atoms with van der Waals surface area (Å²) >= 11 is 0. The molecule has 2 fully saturated rings. The molecule has 0 spiro atoms. The average molecular weight is 680 g/mol. The van der Waals surface area contributed by atoms with Gasteiger partial charge in [0.25, 0.3) is 5.88 Å². The van der Waals surface area contributed by atoms with Crippen LogP contribution in [0.1, 0.15) is 50.6 Å². The Morgan fingerprint density at radius 2 is 1.83 bits per heavy atom. The molecule has 256 valence electrons. The third kappa shape index (κ3) is 8.95. The Kier molecular flexibility index (Phi) is 12.5. The number of aromatic nitrogens is 8. The molecule has 0 bridgehead atoms. The molecule has 1 atom stereocenters. The van der Waals surface area contributed by atoms with E-state index in [9.17, 15) is 5.26 Å². The molecule has 1 saturated heterocycles. The normalized spacial score (nSPS) is 18.8. The van der Waals surface area contributed by atoms with Crippen molar-refractivity contribution in [3.63, 3.8) is 0 Å². The van der Waals surface area contributed by atoms with Gasteiger partial charge in [-0.3, -0.25) is 9.58 Å². The Balaban J connectivity index is 0.00000451. The van der Waals surface area contributed by atoms with Gasteiger partial charge in [-0.05, 0) is 60.7 Å². The molecule has 3 aromatic heterocycles. The summed E-state index contributed by atoms with van der Waals surface area (Å²) in [5, 5.41) is 29.0. The molecule has 15 nitrogen and oxygen atoms in total. The van der Waals surface area contributed by atoms with Crippen LogP contribution in [0.25, 0.3) is 11.1 Å². The first-order valence-electron chi connectivity index (χ1n) is 16.1. The van der Waals surface area contributed by atoms with Crippen LogP contribution in [0.3, 0.4) is 0 Å². The van der Waals surface area contributed by atoms with Gasteiger partial charge in [0.15, 0.2) is 0 Å². The number of nitrogens with one attached hydrogen (secondary N) is 1. The highest BCUT2D eigenvalue weighted by Crippen LogP contribution is 2.35. The van der Waals surface area contributed by atoms with Crippen LogP contribution in [0.15, 0.2) is 43.1 Å². The monoisotopic (exact) mass is 679 g/mol. The Hall–Kier alpha value is -4.36. The number of rotatable bonds is 14. The molecule has 2 aliphatic rings. The fourth-order valence-electron chi connectivity index (χ4n) is 6.09. The van der Waals surface area contributed by atoms with E-state index in [0.29, 0.717) is 55.0 Å². The first-order chi connectivity index (χ1) is 23.1. The molecule has 16 heteroatoms. The molecule has 0 radical (unpaired) electrons. The van der Waals surface area contributed by atoms with Crippen molar-refractivity contribution in [2.75, 3.05) is 51.9 Å². The van der Waals surface area contributed by atoms with Gasteiger partial charge in [0.05, 0.1) is 44.2 Å². The van der Waals surface area contributed by atoms with Crippen molar-refractivity contribution in [1.29, 1.82) is 5.26 Å². The van der Waals surface area contributed by atoms with Gasteiger partial charge in [0, 0.05) is 57.2 Å². The Labute approximate surface area is 285 Å². The SMILES string of the molecule is COCCCOc1nn(C2CCC(N3CCOCC3)CC2)cc1Nc1ncc(-c2ccc(C#N)c(OC(C)Cn3cnnn3)c2)cn1.Cl. The zero-order valence-corrected chi connectivity index (χ0v) is 28.1. The van der Waals surface area contributed by atoms with E-state index in [4.69, 9.17) is 24.0 Å². The van der Waals surface area contributed by atoms with E-state index in [1.165, 1.54) is 6.33 Å². The van der Waals surface area contributed by atoms with Crippen LogP contribution in [-0.2, 0) is 16.0 Å². The van der Waals surface area contributed by atoms with Gasteiger partial charge in [-0.15, -0.1) is 22.6 Å². The molecule has 4 heterocycles. The molecule has 4 aromatic rings. The van der Waals surface area contributed by atoms with Crippen LogP contribution in [0.4, 0.5) is 11.6 Å². The van der Waals surface area contributed by atoms with E-state index in [2.05, 4.69) is 41.8 Å². The van der Waals surface area contributed by atoms with Gasteiger partial charge >= 0.3 is 0 Å². The number of methoxy groups -OCH3 is 1. The predicted octanol–water partition coefficient (Wildman–Crippen LogP) is 4.06. The Morgan fingerprint density at radius 1 is 1.06 bits per heavy atom. The van der Waals surface area contributed by atoms with Crippen molar-refractivity contribution in [2.45, 2.75) is 63.8 Å². The summed E-state index contributed by atoms with van der Waals surface area (Å²) in [6.07, 6.45) is 11.9. The summed E-state index contributed by atoms with van der Waals surface area (Å²) in [6.45, 7) is 7.13. The van der Waals surface area contributed by atoms with E-state index < -0.39 is 0 Å². The lowest BCUT2D eigenvalue weighted by atomic mass is 9.90. The molecular weight excluding hydrogens is 638 g/mol. The molecule has 0 amide bonds. The average Bonchev–Trinajstić information content (AvgIpc) is 3.77. The second kappa shape index (κ2) is 17.2. The number of ether oxygens (including phenoxy) is 4. The van der Waals surface area contributed by atoms with Crippen LogP contribution >= 0.6 is 12.4 Å². The lowest BCUT2D eigenvalue weighted by molar-refractivity contribution is 0.00503. The quantitative estimate of drug-likeness (QED) is 0.190. The summed E-state index contributed by atoms with van der Waals surface area (Å²) in [5.41, 5.74) is 2.75. The first-order valence-corrected chi connectivity index (χ1v) is 16.1. The van der Waals surface area contributed by atoms with Gasteiger partial charge in [-0.25, -0.2) is 14.6 Å². The van der Waals surface area contributed by atoms with E-state index in [0.717, 1.165) is 75.2 Å². The van der Waals surface area contributed by atoms with E-state index >= 15 is 0 Å². The van der Waals surface area contributed by atoms with Gasteiger partial charge in [0.1, 0.15) is 29.9 Å². The fourth-order valence-corrected chi connectivity index (χ4v) is 6.09. The number of anilines is 2. The minimum Gasteiger partial charge on any atom is -0.487 e. The number of hydrogen-bond donors (Lipinski definition) is 1. The number of benzene rings is 1. The topological polar surface area (TPSA) is 163 Å². The highest BCUT2D eigenvalue weighted by atomic mass is 35.5. The number of morpholine rings is 1. The van der Waals surface area contributed by atoms with Crippen LogP contribution in [0.5, 0.6) is 11.6 Å². The lowest BCUT2D eigenvalue weighted by Crippen LogP contribution is -2.45. The van der Waals surface area contributed by atoms with Crippen molar-refractivity contribution in [3.8, 4) is 28.8 Å². The van der Waals surface area contributed by atoms with Gasteiger partial charge < -0.3 is 24.3 Å². The smallest absolute Gasteiger partial charge is 0.256 e. The summed E-state index contributed by atoms with van der Waals surface area (Å²) in [4.78, 5) is 11.7. The number of hydrogen-bond acceptors (Lipinski definition) is 13. The zero-order valence-electron chi connectivity index (χ0n) is 27.3. The van der Waals surface area contributed by atoms with Gasteiger partial charge in [-0.1, -0.05) is 6.07 Å². The van der Waals surface area contributed by atoms with Gasteiger partial charge in [0.2, 0.25) is 5.95 Å². The maximum Gasteiger partial charge on any atom is 0.256 e. The summed E-state index contributed by atoms with van der Waals surface area (Å²) in [6, 6.07) is 8.52. The van der Waals surface area contributed by atoms with Crippen molar-refractivity contribution in [1.82, 2.24) is 44.9 Å². The Bertz CT molecular complexity index is 1600. The Morgan fingerprint density at radius 3 is 2.54 bits per heavy atom. The molecule has 1 saturated carbocycles. The van der Waals surface area contributed by atoms with E-state index in [-0.39, 0.29) is 18.5 Å². The highest BCUT2D eigenvalue weighted by Gasteiger charge is 2.29. The number of halogens is 1. The third-order valence-corrected chi connectivity index (χ3v) is 8.53. The standard InChI is InChI=1S/C32H41N11O4.ClH/c1-23(20-42-22-36-39-40-42)47-30-16-24(4-5-25(30)17-33)26-18-34-32(35-19-26)37-29-21-43(38-31(29)46-13-3-12-44-2)28-8-6-27(7-9-28)41-10-14-45-15-11-41;/h4-5,16,18-19,21-23,27-28H,3,6-15,20H2,1-2H3,(H,34,35,37);1H. The molecular formula is C32H42ClN11O4. The largest absolute Gasteiger partial charge is 0.487 e. The third-order valence-electron chi connectivity index (χ3n) is 8.53. The van der Waals surface area contributed by atoms with E-state index in [1.807, 2.05) is 29.9 Å². The van der Waals surface area contributed by atoms with Crippen molar-refractivity contribution < 1.29 is 18.9 Å². The number of nitrogens with zero attached hydrogens (tertiary/aromatic N) is 10. The minimum atomic E-state index is -0.268. The highest BCUT2D eigenvalue weighted by molar-refractivity contribution is 5.85. The van der Waals surface area contributed by atoms with Crippen molar-refractivity contribution >= 4 is 24.0 Å². The van der Waals surface area contributed by atoms with Crippen LogP contribution in [-0.4, -0.2) is 104 Å². The predicted molar refractivity (Wildman–Crippen MR) is 179 cm³/mol. The summed E-state index contributed by atoms with van der Waals surface area (Å²) in [5.74, 6) is 1.41. The van der Waals surface area contributed by atoms with Crippen LogP contribution in [0.2, 0.25) is 0 Å². The van der Waals surface area contributed by atoms with Crippen molar-refractivity contribution in [2.24, 2.45) is 0 Å². The van der Waals surface area contributed by atoms with Crippen LogP contribution < -0.4 is 14.8 Å². The number of nitriles is 1. The summed E-state index contributed by atoms with van der Waals surface area (Å²) < 4.78 is 26.5. The molecule has 1 aliphatic carbocycles. The maximum absolute atomic E-state index is 9.65. The lowest BCUT2D eigenvalue weighted by Gasteiger charge is -2.38. The maximum atomic E-state index is 9.65. The van der Waals surface area contributed by atoms with Crippen LogP contribution in [0, 0.1) is 11.3 Å². The summed E-state index contributed by atoms with van der Waals surface area (Å²) in [7, 11) is 1.68. The molecule has 1 N–H and O–H groups in total. The molecule has 1 unspecified atom stereocenters. The minimum absolute atomic E-state index is 0. The molecule has 1 aromatic carbocycles. The second-order valence-corrected chi connectivity index (χ2v) is 11.8. The molecule has 48 heavy (non-hydrogen) atoms. The van der Waals surface area contributed by atoms with E-state index in [1.54, 1.807) is 30.3 Å². The fraction of sp³-hybridized carbons (Fsp3) is 0.531. The second-order valence-electron chi connectivity index (χ2n) is 11.8.